The van der Waals surface area contributed by atoms with Crippen LogP contribution in [0.3, 0.4) is 0 Å². The van der Waals surface area contributed by atoms with Gasteiger partial charge in [0.1, 0.15) is 12.4 Å². The molecule has 5 rings (SSSR count). The minimum atomic E-state index is -0.649. The molecular formula is C34H35NO3. The fourth-order valence-electron chi connectivity index (χ4n) is 5.01. The summed E-state index contributed by atoms with van der Waals surface area (Å²) in [5.41, 5.74) is 4.39. The number of carbonyl (C=O) groups excluding carboxylic acids is 1. The van der Waals surface area contributed by atoms with Crippen molar-refractivity contribution in [2.24, 2.45) is 5.92 Å². The molecule has 0 aliphatic carbocycles. The van der Waals surface area contributed by atoms with Gasteiger partial charge in [-0.2, -0.15) is 0 Å². The molecule has 194 valence electrons. The van der Waals surface area contributed by atoms with Gasteiger partial charge in [0.05, 0.1) is 6.61 Å². The fourth-order valence-corrected chi connectivity index (χ4v) is 5.01. The summed E-state index contributed by atoms with van der Waals surface area (Å²) in [4.78, 5) is 15.7. The number of hydrogen-bond donors (Lipinski definition) is 0. The second-order valence-electron chi connectivity index (χ2n) is 9.98. The molecule has 4 aromatic carbocycles. The SMILES string of the molecule is O=C(C(OCc1ccccc1)c1ccc(OCc2ccccc2)cc1)N1CCC(Cc2ccccc2)CC1. The normalized spacial score (nSPS) is 14.7. The monoisotopic (exact) mass is 505 g/mol. The van der Waals surface area contributed by atoms with Crippen LogP contribution in [-0.4, -0.2) is 23.9 Å². The maximum atomic E-state index is 13.8. The Bertz CT molecular complexity index is 1250. The minimum absolute atomic E-state index is 0.0389. The first kappa shape index (κ1) is 25.7. The second-order valence-corrected chi connectivity index (χ2v) is 9.98. The molecule has 1 heterocycles. The molecule has 38 heavy (non-hydrogen) atoms. The first-order chi connectivity index (χ1) is 18.7. The molecule has 1 unspecified atom stereocenters. The predicted molar refractivity (Wildman–Crippen MR) is 151 cm³/mol. The molecule has 1 aliphatic rings. The molecule has 1 amide bonds. The smallest absolute Gasteiger partial charge is 0.256 e. The Morgan fingerprint density at radius 2 is 1.21 bits per heavy atom. The summed E-state index contributed by atoms with van der Waals surface area (Å²) >= 11 is 0. The standard InChI is InChI=1S/C34H35NO3/c36-34(35-22-20-28(21-23-35)24-27-10-4-1-5-11-27)33(38-26-30-14-8-3-9-15-30)31-16-18-32(19-17-31)37-25-29-12-6-2-7-13-29/h1-19,28,33H,20-26H2. The Balaban J connectivity index is 1.24. The van der Waals surface area contributed by atoms with E-state index in [2.05, 4.69) is 30.3 Å². The van der Waals surface area contributed by atoms with Crippen molar-refractivity contribution in [3.63, 3.8) is 0 Å². The largest absolute Gasteiger partial charge is 0.489 e. The number of carbonyl (C=O) groups is 1. The number of piperidine rings is 1. The van der Waals surface area contributed by atoms with Crippen LogP contribution in [0.25, 0.3) is 0 Å². The van der Waals surface area contributed by atoms with Crippen LogP contribution in [0, 0.1) is 5.92 Å². The van der Waals surface area contributed by atoms with Gasteiger partial charge in [-0.1, -0.05) is 103 Å². The van der Waals surface area contributed by atoms with E-state index < -0.39 is 6.10 Å². The minimum Gasteiger partial charge on any atom is -0.489 e. The van der Waals surface area contributed by atoms with E-state index in [0.717, 1.165) is 54.8 Å². The Morgan fingerprint density at radius 3 is 1.79 bits per heavy atom. The van der Waals surface area contributed by atoms with Gasteiger partial charge in [-0.25, -0.2) is 0 Å². The lowest BCUT2D eigenvalue weighted by molar-refractivity contribution is -0.146. The lowest BCUT2D eigenvalue weighted by atomic mass is 9.90. The van der Waals surface area contributed by atoms with Gasteiger partial charge in [0.15, 0.2) is 6.10 Å². The molecule has 0 bridgehead atoms. The average Bonchev–Trinajstić information content (AvgIpc) is 2.99. The summed E-state index contributed by atoms with van der Waals surface area (Å²) in [6, 6.07) is 38.5. The van der Waals surface area contributed by atoms with Crippen molar-refractivity contribution in [2.75, 3.05) is 13.1 Å². The maximum absolute atomic E-state index is 13.8. The van der Waals surface area contributed by atoms with Gasteiger partial charge in [0.25, 0.3) is 5.91 Å². The third kappa shape index (κ3) is 7.11. The summed E-state index contributed by atoms with van der Waals surface area (Å²) in [7, 11) is 0. The topological polar surface area (TPSA) is 38.8 Å². The van der Waals surface area contributed by atoms with Crippen molar-refractivity contribution in [1.29, 1.82) is 0 Å². The molecule has 0 aromatic heterocycles. The highest BCUT2D eigenvalue weighted by molar-refractivity contribution is 5.82. The van der Waals surface area contributed by atoms with Gasteiger partial charge in [0.2, 0.25) is 0 Å². The van der Waals surface area contributed by atoms with Crippen molar-refractivity contribution in [3.05, 3.63) is 138 Å². The van der Waals surface area contributed by atoms with E-state index in [0.29, 0.717) is 19.1 Å². The van der Waals surface area contributed by atoms with Gasteiger partial charge in [-0.05, 0) is 59.6 Å². The zero-order valence-electron chi connectivity index (χ0n) is 21.7. The van der Waals surface area contributed by atoms with Gasteiger partial charge in [0, 0.05) is 13.1 Å². The number of likely N-dealkylation sites (tertiary alicyclic amines) is 1. The summed E-state index contributed by atoms with van der Waals surface area (Å²) in [5, 5.41) is 0. The van der Waals surface area contributed by atoms with Crippen LogP contribution < -0.4 is 4.74 Å². The predicted octanol–water partition coefficient (Wildman–Crippen LogP) is 7.00. The highest BCUT2D eigenvalue weighted by Gasteiger charge is 2.30. The second kappa shape index (κ2) is 13.1. The van der Waals surface area contributed by atoms with E-state index in [1.807, 2.05) is 89.8 Å². The summed E-state index contributed by atoms with van der Waals surface area (Å²) in [6.45, 7) is 2.42. The van der Waals surface area contributed by atoms with Crippen LogP contribution in [0.5, 0.6) is 5.75 Å². The third-order valence-corrected chi connectivity index (χ3v) is 7.21. The molecule has 1 atom stereocenters. The number of hydrogen-bond acceptors (Lipinski definition) is 3. The van der Waals surface area contributed by atoms with Crippen molar-refractivity contribution < 1.29 is 14.3 Å². The molecular weight excluding hydrogens is 470 g/mol. The maximum Gasteiger partial charge on any atom is 0.256 e. The molecule has 0 saturated carbocycles. The van der Waals surface area contributed by atoms with Crippen LogP contribution in [0.4, 0.5) is 0 Å². The van der Waals surface area contributed by atoms with Crippen molar-refractivity contribution >= 4 is 5.91 Å². The molecule has 1 saturated heterocycles. The van der Waals surface area contributed by atoms with Gasteiger partial charge >= 0.3 is 0 Å². The number of rotatable bonds is 10. The fraction of sp³-hybridized carbons (Fsp3) is 0.265. The van der Waals surface area contributed by atoms with E-state index in [4.69, 9.17) is 9.47 Å². The Hall–Kier alpha value is -3.89. The highest BCUT2D eigenvalue weighted by atomic mass is 16.5. The van der Waals surface area contributed by atoms with Crippen molar-refractivity contribution in [2.45, 2.75) is 38.6 Å². The molecule has 0 N–H and O–H groups in total. The zero-order valence-corrected chi connectivity index (χ0v) is 21.7. The number of ether oxygens (including phenoxy) is 2. The Kier molecular flexibility index (Phi) is 8.85. The van der Waals surface area contributed by atoms with Crippen LogP contribution in [-0.2, 0) is 29.2 Å². The molecule has 0 spiro atoms. The lowest BCUT2D eigenvalue weighted by Gasteiger charge is -2.34. The van der Waals surface area contributed by atoms with Crippen LogP contribution in [0.1, 0.15) is 41.2 Å². The quantitative estimate of drug-likeness (QED) is 0.233. The molecule has 4 aromatic rings. The van der Waals surface area contributed by atoms with Gasteiger partial charge in [-0.3, -0.25) is 4.79 Å². The molecule has 4 nitrogen and oxygen atoms in total. The van der Waals surface area contributed by atoms with Crippen LogP contribution in [0.2, 0.25) is 0 Å². The van der Waals surface area contributed by atoms with Gasteiger partial charge < -0.3 is 14.4 Å². The van der Waals surface area contributed by atoms with Crippen molar-refractivity contribution in [3.8, 4) is 5.75 Å². The molecule has 1 fully saturated rings. The lowest BCUT2D eigenvalue weighted by Crippen LogP contribution is -2.42. The zero-order chi connectivity index (χ0) is 26.0. The van der Waals surface area contributed by atoms with E-state index >= 15 is 0 Å². The Morgan fingerprint density at radius 1 is 0.684 bits per heavy atom. The summed E-state index contributed by atoms with van der Waals surface area (Å²) in [6.07, 6.45) is 2.45. The molecule has 0 radical (unpaired) electrons. The van der Waals surface area contributed by atoms with E-state index in [1.165, 1.54) is 5.56 Å². The first-order valence-electron chi connectivity index (χ1n) is 13.5. The highest BCUT2D eigenvalue weighted by Crippen LogP contribution is 2.28. The first-order valence-corrected chi connectivity index (χ1v) is 13.5. The number of benzene rings is 4. The number of nitrogens with zero attached hydrogens (tertiary/aromatic N) is 1. The van der Waals surface area contributed by atoms with E-state index in [1.54, 1.807) is 0 Å². The van der Waals surface area contributed by atoms with E-state index in [9.17, 15) is 4.79 Å². The summed E-state index contributed by atoms with van der Waals surface area (Å²) < 4.78 is 12.2. The van der Waals surface area contributed by atoms with E-state index in [-0.39, 0.29) is 5.91 Å². The van der Waals surface area contributed by atoms with Gasteiger partial charge in [-0.15, -0.1) is 0 Å². The average molecular weight is 506 g/mol. The van der Waals surface area contributed by atoms with Crippen molar-refractivity contribution in [1.82, 2.24) is 4.90 Å². The number of amides is 1. The Labute approximate surface area is 225 Å². The summed E-state index contributed by atoms with van der Waals surface area (Å²) in [5.74, 6) is 1.41. The van der Waals surface area contributed by atoms with Crippen LogP contribution >= 0.6 is 0 Å². The molecule has 4 heteroatoms. The molecule has 1 aliphatic heterocycles. The third-order valence-electron chi connectivity index (χ3n) is 7.21. The van der Waals surface area contributed by atoms with Crippen LogP contribution in [0.15, 0.2) is 115 Å².